The van der Waals surface area contributed by atoms with Gasteiger partial charge in [0.2, 0.25) is 0 Å². The number of nitrogens with zero attached hydrogens (tertiary/aromatic N) is 1. The van der Waals surface area contributed by atoms with Crippen molar-refractivity contribution in [3.8, 4) is 17.6 Å². The Balaban J connectivity index is 2.52. The SMILES string of the molecule is COc1ccc(OC)c2c1CCC(=O)[C@@H]2CCC#N. The van der Waals surface area contributed by atoms with Gasteiger partial charge < -0.3 is 9.47 Å². The van der Waals surface area contributed by atoms with E-state index in [0.717, 1.165) is 16.9 Å². The third-order valence-electron chi connectivity index (χ3n) is 3.62. The first-order chi connectivity index (χ1) is 9.22. The zero-order valence-corrected chi connectivity index (χ0v) is 11.2. The summed E-state index contributed by atoms with van der Waals surface area (Å²) in [6.07, 6.45) is 2.10. The smallest absolute Gasteiger partial charge is 0.140 e. The highest BCUT2D eigenvalue weighted by atomic mass is 16.5. The maximum Gasteiger partial charge on any atom is 0.140 e. The Hall–Kier alpha value is -2.02. The van der Waals surface area contributed by atoms with Gasteiger partial charge in [-0.15, -0.1) is 0 Å². The first kappa shape index (κ1) is 13.4. The van der Waals surface area contributed by atoms with Crippen LogP contribution in [0.25, 0.3) is 0 Å². The van der Waals surface area contributed by atoms with Crippen LogP contribution in [0.4, 0.5) is 0 Å². The minimum Gasteiger partial charge on any atom is -0.496 e. The minimum atomic E-state index is -0.242. The quantitative estimate of drug-likeness (QED) is 0.834. The highest BCUT2D eigenvalue weighted by Gasteiger charge is 2.32. The van der Waals surface area contributed by atoms with Crippen molar-refractivity contribution < 1.29 is 14.3 Å². The second-order valence-electron chi connectivity index (χ2n) is 4.58. The average molecular weight is 259 g/mol. The van der Waals surface area contributed by atoms with Crippen molar-refractivity contribution in [3.05, 3.63) is 23.3 Å². The molecule has 1 aliphatic rings. The fourth-order valence-electron chi connectivity index (χ4n) is 2.73. The number of carbonyl (C=O) groups excluding carboxylic acids is 1. The maximum atomic E-state index is 12.1. The standard InChI is InChI=1S/C15H17NO3/c1-18-13-7-8-14(19-2)15-10(4-3-9-16)12(17)6-5-11(13)15/h7-8,10H,3-6H2,1-2H3/t10-/m0/s1. The van der Waals surface area contributed by atoms with Gasteiger partial charge in [-0.05, 0) is 25.0 Å². The van der Waals surface area contributed by atoms with Gasteiger partial charge in [0, 0.05) is 29.9 Å². The second kappa shape index (κ2) is 5.75. The number of ketones is 1. The number of methoxy groups -OCH3 is 2. The molecule has 0 N–H and O–H groups in total. The lowest BCUT2D eigenvalue weighted by Gasteiger charge is -2.27. The molecular weight excluding hydrogens is 242 g/mol. The number of hydrogen-bond acceptors (Lipinski definition) is 4. The lowest BCUT2D eigenvalue weighted by molar-refractivity contribution is -0.121. The van der Waals surface area contributed by atoms with Crippen LogP contribution in [0.15, 0.2) is 12.1 Å². The summed E-state index contributed by atoms with van der Waals surface area (Å²) < 4.78 is 10.7. The molecule has 0 heterocycles. The Morgan fingerprint density at radius 2 is 1.95 bits per heavy atom. The molecule has 19 heavy (non-hydrogen) atoms. The molecule has 0 unspecified atom stereocenters. The van der Waals surface area contributed by atoms with E-state index >= 15 is 0 Å². The van der Waals surface area contributed by atoms with E-state index in [9.17, 15) is 4.79 Å². The summed E-state index contributed by atoms with van der Waals surface area (Å²) in [6, 6.07) is 5.81. The second-order valence-corrected chi connectivity index (χ2v) is 4.58. The number of fused-ring (bicyclic) bond motifs is 1. The molecule has 100 valence electrons. The van der Waals surface area contributed by atoms with Gasteiger partial charge >= 0.3 is 0 Å². The number of carbonyl (C=O) groups is 1. The summed E-state index contributed by atoms with van der Waals surface area (Å²) in [4.78, 5) is 12.1. The van der Waals surface area contributed by atoms with Crippen LogP contribution in [0.5, 0.6) is 11.5 Å². The normalized spacial score (nSPS) is 17.5. The molecule has 0 saturated heterocycles. The fraction of sp³-hybridized carbons (Fsp3) is 0.467. The fourth-order valence-corrected chi connectivity index (χ4v) is 2.73. The molecule has 1 aliphatic carbocycles. The maximum absolute atomic E-state index is 12.1. The van der Waals surface area contributed by atoms with Gasteiger partial charge in [0.1, 0.15) is 17.3 Å². The molecule has 4 nitrogen and oxygen atoms in total. The summed E-state index contributed by atoms with van der Waals surface area (Å²) in [5.74, 6) is 1.46. The van der Waals surface area contributed by atoms with Crippen molar-refractivity contribution in [3.63, 3.8) is 0 Å². The van der Waals surface area contributed by atoms with Gasteiger partial charge in [-0.3, -0.25) is 4.79 Å². The van der Waals surface area contributed by atoms with Crippen molar-refractivity contribution in [2.24, 2.45) is 0 Å². The number of rotatable bonds is 4. The summed E-state index contributed by atoms with van der Waals surface area (Å²) in [5.41, 5.74) is 1.96. The topological polar surface area (TPSA) is 59.3 Å². The summed E-state index contributed by atoms with van der Waals surface area (Å²) in [6.45, 7) is 0. The molecule has 0 amide bonds. The molecule has 0 radical (unpaired) electrons. The van der Waals surface area contributed by atoms with Gasteiger partial charge in [0.15, 0.2) is 0 Å². The Bertz CT molecular complexity index is 531. The van der Waals surface area contributed by atoms with Gasteiger partial charge in [-0.1, -0.05) is 0 Å². The summed E-state index contributed by atoms with van der Waals surface area (Å²) in [5, 5.41) is 8.74. The van der Waals surface area contributed by atoms with Crippen LogP contribution in [0, 0.1) is 11.3 Å². The molecule has 1 aromatic rings. The largest absolute Gasteiger partial charge is 0.496 e. The average Bonchev–Trinajstić information content (AvgIpc) is 2.45. The molecule has 0 saturated carbocycles. The van der Waals surface area contributed by atoms with Gasteiger partial charge in [0.25, 0.3) is 0 Å². The molecule has 4 heteroatoms. The van der Waals surface area contributed by atoms with Crippen molar-refractivity contribution in [1.82, 2.24) is 0 Å². The number of ether oxygens (including phenoxy) is 2. The monoisotopic (exact) mass is 259 g/mol. The third kappa shape index (κ3) is 2.41. The van der Waals surface area contributed by atoms with Crippen LogP contribution in [0.2, 0.25) is 0 Å². The van der Waals surface area contributed by atoms with Crippen molar-refractivity contribution in [1.29, 1.82) is 5.26 Å². The van der Waals surface area contributed by atoms with Gasteiger partial charge in [-0.2, -0.15) is 5.26 Å². The first-order valence-electron chi connectivity index (χ1n) is 6.36. The zero-order valence-electron chi connectivity index (χ0n) is 11.2. The number of nitriles is 1. The van der Waals surface area contributed by atoms with Crippen LogP contribution in [-0.2, 0) is 11.2 Å². The molecule has 2 rings (SSSR count). The Labute approximate surface area is 112 Å². The molecule has 0 aliphatic heterocycles. The molecule has 0 aromatic heterocycles. The molecular formula is C15H17NO3. The summed E-state index contributed by atoms with van der Waals surface area (Å²) >= 11 is 0. The number of hydrogen-bond donors (Lipinski definition) is 0. The Kier molecular flexibility index (Phi) is 4.06. The van der Waals surface area contributed by atoms with Gasteiger partial charge in [0.05, 0.1) is 20.3 Å². The lowest BCUT2D eigenvalue weighted by Crippen LogP contribution is -2.22. The minimum absolute atomic E-state index is 0.189. The third-order valence-corrected chi connectivity index (χ3v) is 3.62. The van der Waals surface area contributed by atoms with E-state index in [2.05, 4.69) is 6.07 Å². The van der Waals surface area contributed by atoms with Crippen LogP contribution in [0.1, 0.15) is 36.3 Å². The van der Waals surface area contributed by atoms with Gasteiger partial charge in [-0.25, -0.2) is 0 Å². The van der Waals surface area contributed by atoms with Crippen LogP contribution >= 0.6 is 0 Å². The predicted molar refractivity (Wildman–Crippen MR) is 70.5 cm³/mol. The molecule has 1 aromatic carbocycles. The van der Waals surface area contributed by atoms with Crippen molar-refractivity contribution >= 4 is 5.78 Å². The van der Waals surface area contributed by atoms with Crippen molar-refractivity contribution in [2.75, 3.05) is 14.2 Å². The molecule has 1 atom stereocenters. The highest BCUT2D eigenvalue weighted by molar-refractivity contribution is 5.89. The predicted octanol–water partition coefficient (Wildman–Crippen LogP) is 2.61. The van der Waals surface area contributed by atoms with E-state index in [0.29, 0.717) is 31.4 Å². The Morgan fingerprint density at radius 1 is 1.26 bits per heavy atom. The van der Waals surface area contributed by atoms with Crippen molar-refractivity contribution in [2.45, 2.75) is 31.6 Å². The van der Waals surface area contributed by atoms with Crippen LogP contribution < -0.4 is 9.47 Å². The summed E-state index contributed by atoms with van der Waals surface area (Å²) in [7, 11) is 3.23. The zero-order chi connectivity index (χ0) is 13.8. The first-order valence-corrected chi connectivity index (χ1v) is 6.36. The lowest BCUT2D eigenvalue weighted by atomic mass is 9.78. The number of benzene rings is 1. The Morgan fingerprint density at radius 3 is 2.58 bits per heavy atom. The van der Waals surface area contributed by atoms with Crippen LogP contribution in [0.3, 0.4) is 0 Å². The van der Waals surface area contributed by atoms with E-state index in [1.54, 1.807) is 14.2 Å². The van der Waals surface area contributed by atoms with E-state index in [1.807, 2.05) is 12.1 Å². The van der Waals surface area contributed by atoms with E-state index < -0.39 is 0 Å². The molecule has 0 spiro atoms. The van der Waals surface area contributed by atoms with Crippen LogP contribution in [-0.4, -0.2) is 20.0 Å². The highest BCUT2D eigenvalue weighted by Crippen LogP contribution is 2.42. The molecule has 0 fully saturated rings. The number of Topliss-reactive ketones (excluding diaryl/α,β-unsaturated/α-hetero) is 1. The van der Waals surface area contributed by atoms with E-state index in [1.165, 1.54) is 0 Å². The van der Waals surface area contributed by atoms with E-state index in [4.69, 9.17) is 14.7 Å². The molecule has 0 bridgehead atoms. The van der Waals surface area contributed by atoms with E-state index in [-0.39, 0.29) is 11.7 Å².